The van der Waals surface area contributed by atoms with E-state index in [0.717, 1.165) is 31.7 Å². The Morgan fingerprint density at radius 1 is 1.12 bits per heavy atom. The highest BCUT2D eigenvalue weighted by Crippen LogP contribution is 2.39. The molecule has 0 atom stereocenters. The van der Waals surface area contributed by atoms with Gasteiger partial charge >= 0.3 is 0 Å². The van der Waals surface area contributed by atoms with Crippen LogP contribution in [0.5, 0.6) is 0 Å². The van der Waals surface area contributed by atoms with Crippen LogP contribution in [0.25, 0.3) is 0 Å². The largest absolute Gasteiger partial charge is 0.330 e. The lowest BCUT2D eigenvalue weighted by molar-refractivity contribution is 0.288. The molecule has 0 aliphatic heterocycles. The molecule has 1 nitrogen and oxygen atoms in total. The fourth-order valence-corrected chi connectivity index (χ4v) is 2.73. The van der Waals surface area contributed by atoms with Crippen LogP contribution >= 0.6 is 0 Å². The van der Waals surface area contributed by atoms with Gasteiger partial charge in [0.1, 0.15) is 0 Å². The number of nitrogens with two attached hydrogens (primary N) is 1. The van der Waals surface area contributed by atoms with Crippen LogP contribution in [0.4, 0.5) is 8.78 Å². The fraction of sp³-hybridized carbons (Fsp3) is 0.538. The summed E-state index contributed by atoms with van der Waals surface area (Å²) in [7, 11) is 0. The van der Waals surface area contributed by atoms with E-state index in [0.29, 0.717) is 12.1 Å². The summed E-state index contributed by atoms with van der Waals surface area (Å²) in [5.41, 5.74) is 5.92. The third kappa shape index (κ3) is 1.84. The molecule has 3 heteroatoms. The zero-order chi connectivity index (χ0) is 11.6. The van der Waals surface area contributed by atoms with Gasteiger partial charge < -0.3 is 5.73 Å². The van der Waals surface area contributed by atoms with Gasteiger partial charge in [-0.05, 0) is 24.5 Å². The van der Waals surface area contributed by atoms with Crippen molar-refractivity contribution in [3.05, 3.63) is 35.4 Å². The van der Waals surface area contributed by atoms with E-state index in [9.17, 15) is 8.78 Å². The molecule has 1 fully saturated rings. The van der Waals surface area contributed by atoms with Crippen molar-refractivity contribution in [2.24, 2.45) is 5.73 Å². The standard InChI is InChI=1S/C13H17F2N/c14-11-6-4-5-10(12(11)15)13(9-16)7-2-1-3-8-13/h4-6H,1-3,7-9,16H2. The number of hydrogen-bond acceptors (Lipinski definition) is 1. The summed E-state index contributed by atoms with van der Waals surface area (Å²) in [6, 6.07) is 4.40. The lowest BCUT2D eigenvalue weighted by atomic mass is 9.69. The molecule has 1 saturated carbocycles. The van der Waals surface area contributed by atoms with Crippen LogP contribution in [-0.4, -0.2) is 6.54 Å². The molecular formula is C13H17F2N. The molecule has 0 spiro atoms. The van der Waals surface area contributed by atoms with Gasteiger partial charge in [0.05, 0.1) is 0 Å². The van der Waals surface area contributed by atoms with Gasteiger partial charge in [-0.3, -0.25) is 0 Å². The van der Waals surface area contributed by atoms with Gasteiger partial charge in [-0.25, -0.2) is 8.78 Å². The number of hydrogen-bond donors (Lipinski definition) is 1. The monoisotopic (exact) mass is 225 g/mol. The Hall–Kier alpha value is -0.960. The van der Waals surface area contributed by atoms with Gasteiger partial charge in [-0.15, -0.1) is 0 Å². The Morgan fingerprint density at radius 3 is 2.44 bits per heavy atom. The first kappa shape index (κ1) is 11.5. The Kier molecular flexibility index (Phi) is 3.24. The first-order chi connectivity index (χ1) is 7.69. The van der Waals surface area contributed by atoms with Crippen molar-refractivity contribution in [1.82, 2.24) is 0 Å². The zero-order valence-electron chi connectivity index (χ0n) is 9.31. The normalized spacial score (nSPS) is 19.7. The maximum Gasteiger partial charge on any atom is 0.162 e. The van der Waals surface area contributed by atoms with Crippen molar-refractivity contribution in [2.75, 3.05) is 6.54 Å². The van der Waals surface area contributed by atoms with Crippen LogP contribution in [0, 0.1) is 11.6 Å². The highest BCUT2D eigenvalue weighted by molar-refractivity contribution is 5.29. The van der Waals surface area contributed by atoms with E-state index in [1.54, 1.807) is 12.1 Å². The molecule has 0 radical (unpaired) electrons. The highest BCUT2D eigenvalue weighted by atomic mass is 19.2. The second-order valence-corrected chi connectivity index (χ2v) is 4.65. The molecule has 2 N–H and O–H groups in total. The summed E-state index contributed by atoms with van der Waals surface area (Å²) in [6.45, 7) is 0.396. The van der Waals surface area contributed by atoms with E-state index in [1.165, 1.54) is 6.42 Å². The molecule has 1 aromatic rings. The summed E-state index contributed by atoms with van der Waals surface area (Å²) in [5, 5.41) is 0. The van der Waals surface area contributed by atoms with E-state index < -0.39 is 11.6 Å². The second kappa shape index (κ2) is 4.50. The van der Waals surface area contributed by atoms with Crippen molar-refractivity contribution in [2.45, 2.75) is 37.5 Å². The third-order valence-electron chi connectivity index (χ3n) is 3.72. The number of halogens is 2. The quantitative estimate of drug-likeness (QED) is 0.822. The van der Waals surface area contributed by atoms with Gasteiger partial charge in [0.15, 0.2) is 11.6 Å². The van der Waals surface area contributed by atoms with Crippen molar-refractivity contribution >= 4 is 0 Å². The molecule has 0 saturated heterocycles. The molecule has 1 aliphatic rings. The Morgan fingerprint density at radius 2 is 1.81 bits per heavy atom. The molecule has 1 aliphatic carbocycles. The maximum atomic E-state index is 13.8. The second-order valence-electron chi connectivity index (χ2n) is 4.65. The molecule has 2 rings (SSSR count). The van der Waals surface area contributed by atoms with Gasteiger partial charge in [0.25, 0.3) is 0 Å². The van der Waals surface area contributed by atoms with Crippen molar-refractivity contribution in [3.63, 3.8) is 0 Å². The van der Waals surface area contributed by atoms with Crippen LogP contribution in [0.1, 0.15) is 37.7 Å². The summed E-state index contributed by atoms with van der Waals surface area (Å²) >= 11 is 0. The van der Waals surface area contributed by atoms with Crippen molar-refractivity contribution in [3.8, 4) is 0 Å². The van der Waals surface area contributed by atoms with Gasteiger partial charge in [-0.1, -0.05) is 31.4 Å². The van der Waals surface area contributed by atoms with Crippen molar-refractivity contribution < 1.29 is 8.78 Å². The minimum Gasteiger partial charge on any atom is -0.330 e. The van der Waals surface area contributed by atoms with Gasteiger partial charge in [-0.2, -0.15) is 0 Å². The molecule has 16 heavy (non-hydrogen) atoms. The minimum atomic E-state index is -0.768. The summed E-state index contributed by atoms with van der Waals surface area (Å²) in [4.78, 5) is 0. The predicted molar refractivity (Wildman–Crippen MR) is 60.2 cm³/mol. The first-order valence-electron chi connectivity index (χ1n) is 5.84. The molecule has 0 bridgehead atoms. The number of rotatable bonds is 2. The lowest BCUT2D eigenvalue weighted by Crippen LogP contribution is -2.38. The SMILES string of the molecule is NCC1(c2cccc(F)c2F)CCCCC1. The van der Waals surface area contributed by atoms with Crippen LogP contribution in [0.3, 0.4) is 0 Å². The van der Waals surface area contributed by atoms with E-state index in [2.05, 4.69) is 0 Å². The van der Waals surface area contributed by atoms with Crippen LogP contribution in [-0.2, 0) is 5.41 Å². The fourth-order valence-electron chi connectivity index (χ4n) is 2.73. The van der Waals surface area contributed by atoms with Gasteiger partial charge in [0, 0.05) is 12.0 Å². The average molecular weight is 225 g/mol. The number of benzene rings is 1. The summed E-state index contributed by atoms with van der Waals surface area (Å²) in [5.74, 6) is -1.48. The Balaban J connectivity index is 2.43. The van der Waals surface area contributed by atoms with E-state index in [1.807, 2.05) is 0 Å². The average Bonchev–Trinajstić information content (AvgIpc) is 2.33. The molecule has 0 unspecified atom stereocenters. The molecule has 88 valence electrons. The summed E-state index contributed by atoms with van der Waals surface area (Å²) < 4.78 is 27.0. The Bertz CT molecular complexity index is 370. The van der Waals surface area contributed by atoms with Crippen LogP contribution in [0.15, 0.2) is 18.2 Å². The highest BCUT2D eigenvalue weighted by Gasteiger charge is 2.35. The topological polar surface area (TPSA) is 26.0 Å². The van der Waals surface area contributed by atoms with Crippen molar-refractivity contribution in [1.29, 1.82) is 0 Å². The zero-order valence-corrected chi connectivity index (χ0v) is 9.31. The molecular weight excluding hydrogens is 208 g/mol. The maximum absolute atomic E-state index is 13.8. The third-order valence-corrected chi connectivity index (χ3v) is 3.72. The van der Waals surface area contributed by atoms with Gasteiger partial charge in [0.2, 0.25) is 0 Å². The Labute approximate surface area is 94.7 Å². The minimum absolute atomic E-state index is 0.343. The lowest BCUT2D eigenvalue weighted by Gasteiger charge is -2.37. The van der Waals surface area contributed by atoms with E-state index in [-0.39, 0.29) is 5.41 Å². The summed E-state index contributed by atoms with van der Waals surface area (Å²) in [6.07, 6.45) is 4.99. The smallest absolute Gasteiger partial charge is 0.162 e. The molecule has 0 aromatic heterocycles. The van der Waals surface area contributed by atoms with E-state index in [4.69, 9.17) is 5.73 Å². The molecule has 0 heterocycles. The first-order valence-corrected chi connectivity index (χ1v) is 5.84. The van der Waals surface area contributed by atoms with Crippen LogP contribution < -0.4 is 5.73 Å². The van der Waals surface area contributed by atoms with E-state index >= 15 is 0 Å². The van der Waals surface area contributed by atoms with Crippen LogP contribution in [0.2, 0.25) is 0 Å². The predicted octanol–water partition coefficient (Wildman–Crippen LogP) is 3.13. The molecule has 1 aromatic carbocycles. The molecule has 0 amide bonds.